The maximum absolute atomic E-state index is 12.0. The number of hydrogen-bond acceptors (Lipinski definition) is 6. The van der Waals surface area contributed by atoms with Crippen molar-refractivity contribution in [3.63, 3.8) is 0 Å². The van der Waals surface area contributed by atoms with Crippen molar-refractivity contribution in [3.05, 3.63) is 27.0 Å². The number of ether oxygens (including phenoxy) is 1. The third-order valence-corrected chi connectivity index (χ3v) is 3.04. The summed E-state index contributed by atoms with van der Waals surface area (Å²) in [4.78, 5) is 36.6. The first kappa shape index (κ1) is 12.8. The Morgan fingerprint density at radius 2 is 1.84 bits per heavy atom. The number of nitrogens with one attached hydrogen (secondary N) is 1. The minimum atomic E-state index is -0.944. The summed E-state index contributed by atoms with van der Waals surface area (Å²) in [6.45, 7) is 0. The number of rotatable bonds is 1. The van der Waals surface area contributed by atoms with Crippen molar-refractivity contribution in [2.45, 2.75) is 0 Å². The molecule has 1 aromatic rings. The van der Waals surface area contributed by atoms with Crippen molar-refractivity contribution in [1.29, 1.82) is 5.41 Å². The van der Waals surface area contributed by atoms with Crippen molar-refractivity contribution in [2.24, 2.45) is 7.05 Å². The van der Waals surface area contributed by atoms with Crippen LogP contribution in [0.2, 0.25) is 0 Å². The Bertz CT molecular complexity index is 689. The number of carbonyl (C=O) groups is 2. The van der Waals surface area contributed by atoms with E-state index in [0.29, 0.717) is 0 Å². The van der Waals surface area contributed by atoms with Crippen LogP contribution in [0.5, 0.6) is 5.88 Å². The van der Waals surface area contributed by atoms with Crippen molar-refractivity contribution in [1.82, 2.24) is 9.47 Å². The Balaban J connectivity index is 2.98. The SMILES string of the molecule is COC(=O)c1c2c(c(=O)n(C)c1O)C(=N)N(C)C2=O. The van der Waals surface area contributed by atoms with Gasteiger partial charge in [0.15, 0.2) is 0 Å². The van der Waals surface area contributed by atoms with Crippen LogP contribution in [0, 0.1) is 5.41 Å². The molecule has 0 aromatic carbocycles. The van der Waals surface area contributed by atoms with Gasteiger partial charge in [-0.2, -0.15) is 0 Å². The Morgan fingerprint density at radius 3 is 2.37 bits per heavy atom. The molecule has 0 fully saturated rings. The third-order valence-electron chi connectivity index (χ3n) is 3.04. The number of pyridine rings is 1. The van der Waals surface area contributed by atoms with Gasteiger partial charge in [-0.05, 0) is 0 Å². The first-order chi connectivity index (χ1) is 8.82. The van der Waals surface area contributed by atoms with Gasteiger partial charge in [-0.3, -0.25) is 24.5 Å². The van der Waals surface area contributed by atoms with E-state index in [0.717, 1.165) is 16.6 Å². The zero-order valence-corrected chi connectivity index (χ0v) is 10.5. The maximum Gasteiger partial charge on any atom is 0.344 e. The highest BCUT2D eigenvalue weighted by atomic mass is 16.5. The van der Waals surface area contributed by atoms with Gasteiger partial charge < -0.3 is 9.84 Å². The van der Waals surface area contributed by atoms with Crippen LogP contribution in [0.25, 0.3) is 0 Å². The lowest BCUT2D eigenvalue weighted by Crippen LogP contribution is -2.28. The molecule has 100 valence electrons. The number of fused-ring (bicyclic) bond motifs is 1. The number of amidine groups is 1. The smallest absolute Gasteiger partial charge is 0.344 e. The monoisotopic (exact) mass is 265 g/mol. The molecule has 0 saturated heterocycles. The molecule has 0 aliphatic carbocycles. The van der Waals surface area contributed by atoms with Gasteiger partial charge in [-0.25, -0.2) is 4.79 Å². The number of aromatic hydroxyl groups is 1. The highest BCUT2D eigenvalue weighted by Gasteiger charge is 2.40. The normalized spacial score (nSPS) is 13.7. The van der Waals surface area contributed by atoms with E-state index in [9.17, 15) is 19.5 Å². The number of nitrogens with zero attached hydrogens (tertiary/aromatic N) is 2. The van der Waals surface area contributed by atoms with Gasteiger partial charge in [-0.15, -0.1) is 0 Å². The predicted molar refractivity (Wildman–Crippen MR) is 63.6 cm³/mol. The Morgan fingerprint density at radius 1 is 1.26 bits per heavy atom. The summed E-state index contributed by atoms with van der Waals surface area (Å²) in [6, 6.07) is 0. The fourth-order valence-corrected chi connectivity index (χ4v) is 1.94. The molecule has 19 heavy (non-hydrogen) atoms. The van der Waals surface area contributed by atoms with Gasteiger partial charge in [0, 0.05) is 14.1 Å². The van der Waals surface area contributed by atoms with Gasteiger partial charge in [0.2, 0.25) is 5.88 Å². The molecular formula is C11H11N3O5. The third kappa shape index (κ3) is 1.46. The van der Waals surface area contributed by atoms with Crippen LogP contribution in [0.1, 0.15) is 26.3 Å². The lowest BCUT2D eigenvalue weighted by atomic mass is 10.0. The van der Waals surface area contributed by atoms with E-state index in [1.807, 2.05) is 0 Å². The second-order valence-electron chi connectivity index (χ2n) is 4.02. The van der Waals surface area contributed by atoms with Gasteiger partial charge in [0.25, 0.3) is 11.5 Å². The molecule has 0 atom stereocenters. The first-order valence-corrected chi connectivity index (χ1v) is 5.24. The lowest BCUT2D eigenvalue weighted by molar-refractivity contribution is 0.0590. The summed E-state index contributed by atoms with van der Waals surface area (Å²) < 4.78 is 5.30. The largest absolute Gasteiger partial charge is 0.494 e. The summed E-state index contributed by atoms with van der Waals surface area (Å²) >= 11 is 0. The lowest BCUT2D eigenvalue weighted by Gasteiger charge is -2.10. The van der Waals surface area contributed by atoms with Gasteiger partial charge in [0.05, 0.1) is 18.2 Å². The molecule has 1 aromatic heterocycles. The van der Waals surface area contributed by atoms with E-state index in [-0.39, 0.29) is 17.0 Å². The van der Waals surface area contributed by atoms with Crippen molar-refractivity contribution in [2.75, 3.05) is 14.2 Å². The second-order valence-corrected chi connectivity index (χ2v) is 4.02. The fraction of sp³-hybridized carbons (Fsp3) is 0.273. The van der Waals surface area contributed by atoms with Crippen molar-refractivity contribution in [3.8, 4) is 5.88 Å². The van der Waals surface area contributed by atoms with Crippen LogP contribution >= 0.6 is 0 Å². The van der Waals surface area contributed by atoms with E-state index in [4.69, 9.17) is 5.41 Å². The van der Waals surface area contributed by atoms with Crippen molar-refractivity contribution >= 4 is 17.7 Å². The predicted octanol–water partition coefficient (Wildman–Crippen LogP) is -0.712. The summed E-state index contributed by atoms with van der Waals surface area (Å²) in [7, 11) is 3.64. The molecule has 2 N–H and O–H groups in total. The van der Waals surface area contributed by atoms with Crippen LogP contribution in [-0.2, 0) is 11.8 Å². The number of hydrogen-bond donors (Lipinski definition) is 2. The highest BCUT2D eigenvalue weighted by molar-refractivity contribution is 6.25. The number of methoxy groups -OCH3 is 1. The summed E-state index contributed by atoms with van der Waals surface area (Å²) in [5.41, 5.74) is -1.63. The Labute approximate surface area is 107 Å². The van der Waals surface area contributed by atoms with Gasteiger partial charge >= 0.3 is 5.97 Å². The molecule has 0 saturated carbocycles. The number of aromatic nitrogens is 1. The van der Waals surface area contributed by atoms with E-state index < -0.39 is 28.9 Å². The van der Waals surface area contributed by atoms with E-state index in [1.165, 1.54) is 14.1 Å². The minimum absolute atomic E-state index is 0.215. The zero-order valence-electron chi connectivity index (χ0n) is 10.5. The Kier molecular flexibility index (Phi) is 2.65. The molecule has 1 amide bonds. The summed E-state index contributed by atoms with van der Waals surface area (Å²) in [5.74, 6) is -2.62. The molecule has 2 rings (SSSR count). The van der Waals surface area contributed by atoms with Crippen molar-refractivity contribution < 1.29 is 19.4 Å². The van der Waals surface area contributed by atoms with E-state index in [2.05, 4.69) is 4.74 Å². The standard InChI is InChI=1S/C11H11N3O5/c1-13-7(12)5-4(8(13)15)6(11(18)19-3)10(17)14(2)9(5)16/h12,17H,1-3H3. The number of carbonyl (C=O) groups excluding carboxylic acids is 2. The number of esters is 1. The van der Waals surface area contributed by atoms with Crippen LogP contribution in [-0.4, -0.2) is 46.4 Å². The topological polar surface area (TPSA) is 113 Å². The fourth-order valence-electron chi connectivity index (χ4n) is 1.94. The Hall–Kier alpha value is -2.64. The molecule has 0 bridgehead atoms. The summed E-state index contributed by atoms with van der Waals surface area (Å²) in [6.07, 6.45) is 0. The van der Waals surface area contributed by atoms with E-state index in [1.54, 1.807) is 0 Å². The highest BCUT2D eigenvalue weighted by Crippen LogP contribution is 2.28. The number of amides is 1. The van der Waals surface area contributed by atoms with E-state index >= 15 is 0 Å². The molecule has 1 aliphatic rings. The molecule has 1 aliphatic heterocycles. The van der Waals surface area contributed by atoms with Crippen LogP contribution in [0.4, 0.5) is 0 Å². The average molecular weight is 265 g/mol. The maximum atomic E-state index is 12.0. The summed E-state index contributed by atoms with van der Waals surface area (Å²) in [5, 5.41) is 17.6. The molecule has 2 heterocycles. The first-order valence-electron chi connectivity index (χ1n) is 5.24. The van der Waals surface area contributed by atoms with Gasteiger partial charge in [0.1, 0.15) is 11.4 Å². The van der Waals surface area contributed by atoms with Crippen LogP contribution in [0.3, 0.4) is 0 Å². The van der Waals surface area contributed by atoms with Crippen LogP contribution in [0.15, 0.2) is 4.79 Å². The molecule has 0 unspecified atom stereocenters. The molecule has 0 radical (unpaired) electrons. The quantitative estimate of drug-likeness (QED) is 0.651. The minimum Gasteiger partial charge on any atom is -0.494 e. The molecule has 8 heteroatoms. The van der Waals surface area contributed by atoms with Gasteiger partial charge in [-0.1, -0.05) is 0 Å². The molecule has 8 nitrogen and oxygen atoms in total. The average Bonchev–Trinajstić information content (AvgIpc) is 2.61. The second kappa shape index (κ2) is 3.94. The molecule has 0 spiro atoms. The van der Waals surface area contributed by atoms with Crippen LogP contribution < -0.4 is 5.56 Å². The zero-order chi connectivity index (χ0) is 14.5. The molecular weight excluding hydrogens is 254 g/mol.